The molecule has 57 heavy (non-hydrogen) atoms. The highest BCUT2D eigenvalue weighted by atomic mass is 16.5. The third kappa shape index (κ3) is 5.34. The predicted molar refractivity (Wildman–Crippen MR) is 242 cm³/mol. The van der Waals surface area contributed by atoms with Crippen molar-refractivity contribution >= 4 is 68.1 Å². The van der Waals surface area contributed by atoms with Gasteiger partial charge in [0.25, 0.3) is 0 Å². The molecule has 0 radical (unpaired) electrons. The molecule has 3 aliphatic heterocycles. The maximum atomic E-state index is 7.10. The van der Waals surface area contributed by atoms with Gasteiger partial charge in [0.05, 0.1) is 17.1 Å². The zero-order chi connectivity index (χ0) is 40.1. The van der Waals surface area contributed by atoms with E-state index in [9.17, 15) is 0 Å². The Morgan fingerprint density at radius 3 is 1.79 bits per heavy atom. The fourth-order valence-corrected chi connectivity index (χ4v) is 9.28. The molecule has 10 rings (SSSR count). The van der Waals surface area contributed by atoms with Crippen molar-refractivity contribution in [3.8, 4) is 22.6 Å². The lowest BCUT2D eigenvalue weighted by Gasteiger charge is -2.48. The summed E-state index contributed by atoms with van der Waals surface area (Å²) in [5.74, 6) is 1.81. The summed E-state index contributed by atoms with van der Waals surface area (Å²) < 4.78 is 14.2. The zero-order valence-corrected chi connectivity index (χ0v) is 35.6. The minimum atomic E-state index is -0.142. The van der Waals surface area contributed by atoms with E-state index in [4.69, 9.17) is 9.15 Å². The van der Waals surface area contributed by atoms with Crippen molar-refractivity contribution in [2.24, 2.45) is 0 Å². The van der Waals surface area contributed by atoms with E-state index in [1.165, 1.54) is 50.0 Å². The second kappa shape index (κ2) is 11.6. The quantitative estimate of drug-likeness (QED) is 0.156. The highest BCUT2D eigenvalue weighted by molar-refractivity contribution is 6.94. The molecule has 0 atom stereocenters. The number of hydrogen-bond acceptors (Lipinski definition) is 4. The van der Waals surface area contributed by atoms with Crippen molar-refractivity contribution in [1.29, 1.82) is 0 Å². The van der Waals surface area contributed by atoms with Crippen LogP contribution in [0.25, 0.3) is 33.1 Å². The normalized spacial score (nSPS) is 14.7. The number of fused-ring (bicyclic) bond motifs is 10. The van der Waals surface area contributed by atoms with Crippen LogP contribution in [0.15, 0.2) is 108 Å². The highest BCUT2D eigenvalue weighted by Gasteiger charge is 2.50. The van der Waals surface area contributed by atoms with Gasteiger partial charge in [0.2, 0.25) is 0 Å². The van der Waals surface area contributed by atoms with Crippen LogP contribution >= 0.6 is 0 Å². The Kier molecular flexibility index (Phi) is 7.31. The van der Waals surface area contributed by atoms with Gasteiger partial charge in [0.15, 0.2) is 11.3 Å². The average molecular weight is 749 g/mol. The van der Waals surface area contributed by atoms with Gasteiger partial charge in [-0.2, -0.15) is 0 Å². The summed E-state index contributed by atoms with van der Waals surface area (Å²) in [6.45, 7) is 27.4. The molecule has 0 bridgehead atoms. The summed E-state index contributed by atoms with van der Waals surface area (Å²) in [6.07, 6.45) is 0. The van der Waals surface area contributed by atoms with Gasteiger partial charge in [-0.1, -0.05) is 132 Å². The summed E-state index contributed by atoms with van der Waals surface area (Å²) in [4.78, 5) is 5.11. The van der Waals surface area contributed by atoms with Crippen molar-refractivity contribution in [2.45, 2.75) is 105 Å². The first-order chi connectivity index (χ1) is 26.8. The van der Waals surface area contributed by atoms with E-state index in [0.29, 0.717) is 0 Å². The van der Waals surface area contributed by atoms with E-state index in [2.05, 4.69) is 196 Å². The molecule has 5 heteroatoms. The highest BCUT2D eigenvalue weighted by Crippen LogP contribution is 2.58. The fraction of sp³-hybridized carbons (Fsp3) is 0.308. The van der Waals surface area contributed by atoms with Crippen LogP contribution in [-0.2, 0) is 21.7 Å². The maximum absolute atomic E-state index is 7.10. The molecule has 0 saturated heterocycles. The van der Waals surface area contributed by atoms with Crippen LogP contribution in [0.3, 0.4) is 0 Å². The second-order valence-electron chi connectivity index (χ2n) is 20.7. The van der Waals surface area contributed by atoms with Crippen molar-refractivity contribution < 1.29 is 9.15 Å². The average Bonchev–Trinajstić information content (AvgIpc) is 3.52. The molecule has 0 unspecified atom stereocenters. The van der Waals surface area contributed by atoms with Crippen LogP contribution in [-0.4, -0.2) is 6.85 Å². The van der Waals surface area contributed by atoms with E-state index >= 15 is 0 Å². The van der Waals surface area contributed by atoms with Crippen molar-refractivity contribution in [3.63, 3.8) is 0 Å². The minimum Gasteiger partial charge on any atom is -0.454 e. The number of anilines is 5. The second-order valence-corrected chi connectivity index (χ2v) is 20.7. The first kappa shape index (κ1) is 36.0. The molecule has 3 aliphatic rings. The van der Waals surface area contributed by atoms with E-state index in [1.54, 1.807) is 0 Å². The smallest absolute Gasteiger partial charge is 0.333 e. The summed E-state index contributed by atoms with van der Waals surface area (Å²) >= 11 is 0. The Hall–Kier alpha value is -5.42. The number of ether oxygens (including phenoxy) is 1. The number of nitrogens with zero attached hydrogens (tertiary/aromatic N) is 2. The van der Waals surface area contributed by atoms with Crippen LogP contribution in [0.5, 0.6) is 11.5 Å². The largest absolute Gasteiger partial charge is 0.454 e. The summed E-state index contributed by atoms with van der Waals surface area (Å²) in [5.41, 5.74) is 17.3. The standard InChI is InChI=1S/C52H53BN2O2/c1-49(2,3)30-17-21-34(22-18-30)54-41-26-31(50(4,5)6)19-23-39(41)53-45-36(29-38-35-15-13-14-16-42(35)57-48(38)47(45)54)37-25-33(52(10,11)12)28-44-46(37)55(53)40-24-20-32(51(7,8)9)27-43(40)56-44/h13-29H,1-12H3. The van der Waals surface area contributed by atoms with Gasteiger partial charge in [-0.05, 0) is 115 Å². The third-order valence-corrected chi connectivity index (χ3v) is 12.6. The Balaban J connectivity index is 1.38. The summed E-state index contributed by atoms with van der Waals surface area (Å²) in [5, 5.41) is 2.25. The molecule has 4 heterocycles. The lowest BCUT2D eigenvalue weighted by Crippen LogP contribution is -2.62. The molecule has 0 amide bonds. The lowest BCUT2D eigenvalue weighted by atomic mass is 9.43. The van der Waals surface area contributed by atoms with Crippen LogP contribution in [0.4, 0.5) is 28.4 Å². The third-order valence-electron chi connectivity index (χ3n) is 12.6. The number of para-hydroxylation sites is 1. The number of furan rings is 1. The summed E-state index contributed by atoms with van der Waals surface area (Å²) in [7, 11) is 0. The SMILES string of the molecule is CC(C)(C)c1ccc(N2c3cc(C(C)(C)C)ccc3B3c4c(cc5c(oc6ccccc65)c42)-c2cc(C(C)(C)C)cc4c2N3c2ccc(C(C)(C)C)cc2O4)cc1. The summed E-state index contributed by atoms with van der Waals surface area (Å²) in [6, 6.07) is 39.0. The van der Waals surface area contributed by atoms with E-state index in [0.717, 1.165) is 56.2 Å². The van der Waals surface area contributed by atoms with Gasteiger partial charge in [-0.3, -0.25) is 0 Å². The molecule has 0 aliphatic carbocycles. The topological polar surface area (TPSA) is 28.9 Å². The van der Waals surface area contributed by atoms with Gasteiger partial charge in [0, 0.05) is 27.7 Å². The first-order valence-electron chi connectivity index (χ1n) is 20.6. The minimum absolute atomic E-state index is 0.0313. The molecule has 7 aromatic rings. The number of rotatable bonds is 1. The molecule has 4 nitrogen and oxygen atoms in total. The number of hydrogen-bond donors (Lipinski definition) is 0. The van der Waals surface area contributed by atoms with Gasteiger partial charge in [0.1, 0.15) is 11.3 Å². The molecule has 6 aromatic carbocycles. The van der Waals surface area contributed by atoms with Gasteiger partial charge < -0.3 is 18.9 Å². The molecule has 0 spiro atoms. The van der Waals surface area contributed by atoms with Crippen LogP contribution in [0.1, 0.15) is 105 Å². The van der Waals surface area contributed by atoms with Crippen molar-refractivity contribution in [2.75, 3.05) is 9.71 Å². The Labute approximate surface area is 338 Å². The number of benzene rings is 6. The van der Waals surface area contributed by atoms with Gasteiger partial charge in [-0.25, -0.2) is 0 Å². The lowest BCUT2D eigenvalue weighted by molar-refractivity contribution is 0.470. The Morgan fingerprint density at radius 1 is 0.491 bits per heavy atom. The van der Waals surface area contributed by atoms with Gasteiger partial charge >= 0.3 is 6.85 Å². The predicted octanol–water partition coefficient (Wildman–Crippen LogP) is 13.6. The fourth-order valence-electron chi connectivity index (χ4n) is 9.28. The Bertz CT molecular complexity index is 2820. The van der Waals surface area contributed by atoms with Crippen molar-refractivity contribution in [1.82, 2.24) is 0 Å². The van der Waals surface area contributed by atoms with E-state index in [-0.39, 0.29) is 28.5 Å². The molecule has 0 fully saturated rings. The van der Waals surface area contributed by atoms with E-state index in [1.807, 2.05) is 0 Å². The molecule has 1 aromatic heterocycles. The van der Waals surface area contributed by atoms with E-state index < -0.39 is 0 Å². The maximum Gasteiger partial charge on any atom is 0.333 e. The van der Waals surface area contributed by atoms with Crippen molar-refractivity contribution in [3.05, 3.63) is 125 Å². The molecular formula is C52H53BN2O2. The monoisotopic (exact) mass is 748 g/mol. The molecule has 286 valence electrons. The zero-order valence-electron chi connectivity index (χ0n) is 35.6. The van der Waals surface area contributed by atoms with Crippen LogP contribution < -0.4 is 25.4 Å². The molecule has 0 saturated carbocycles. The van der Waals surface area contributed by atoms with Gasteiger partial charge in [-0.15, -0.1) is 0 Å². The first-order valence-corrected chi connectivity index (χ1v) is 20.6. The molecule has 0 N–H and O–H groups in total. The van der Waals surface area contributed by atoms with Crippen LogP contribution in [0, 0.1) is 0 Å². The Morgan fingerprint density at radius 2 is 1.11 bits per heavy atom. The van der Waals surface area contributed by atoms with Crippen LogP contribution in [0.2, 0.25) is 0 Å². The molecular weight excluding hydrogens is 695 g/mol.